The van der Waals surface area contributed by atoms with Gasteiger partial charge in [-0.2, -0.15) is 0 Å². The normalized spacial score (nSPS) is 10.5. The van der Waals surface area contributed by atoms with Gasteiger partial charge in [0.1, 0.15) is 0 Å². The maximum absolute atomic E-state index is 12.3. The van der Waals surface area contributed by atoms with Crippen molar-refractivity contribution in [3.05, 3.63) is 41.6 Å². The largest absolute Gasteiger partial charge is 0.372 e. The molecule has 0 aliphatic carbocycles. The van der Waals surface area contributed by atoms with Crippen LogP contribution in [0, 0.1) is 6.92 Å². The van der Waals surface area contributed by atoms with Gasteiger partial charge >= 0.3 is 0 Å². The van der Waals surface area contributed by atoms with Crippen LogP contribution in [0.15, 0.2) is 30.3 Å². The molecule has 0 fully saturated rings. The summed E-state index contributed by atoms with van der Waals surface area (Å²) in [5, 5.41) is 11.5. The van der Waals surface area contributed by atoms with E-state index in [1.165, 1.54) is 5.69 Å². The highest BCUT2D eigenvalue weighted by atomic mass is 16.2. The van der Waals surface area contributed by atoms with E-state index >= 15 is 0 Å². The number of benzene rings is 1. The summed E-state index contributed by atoms with van der Waals surface area (Å²) in [6.45, 7) is 13.6. The molecule has 2 aromatic rings. The van der Waals surface area contributed by atoms with E-state index in [1.807, 2.05) is 13.8 Å². The number of nitrogens with one attached hydrogen (secondary N) is 1. The highest BCUT2D eigenvalue weighted by Crippen LogP contribution is 2.24. The lowest BCUT2D eigenvalue weighted by Crippen LogP contribution is -2.31. The molecule has 0 atom stereocenters. The maximum Gasteiger partial charge on any atom is 0.274 e. The summed E-state index contributed by atoms with van der Waals surface area (Å²) < 4.78 is 0. The van der Waals surface area contributed by atoms with E-state index in [2.05, 4.69) is 59.4 Å². The molecule has 1 heterocycles. The molecule has 6 nitrogen and oxygen atoms in total. The Balaban J connectivity index is 2.13. The van der Waals surface area contributed by atoms with Gasteiger partial charge in [0.25, 0.3) is 5.91 Å². The molecule has 0 radical (unpaired) electrons. The van der Waals surface area contributed by atoms with E-state index < -0.39 is 0 Å². The third-order valence-corrected chi connectivity index (χ3v) is 4.54. The van der Waals surface area contributed by atoms with Crippen molar-refractivity contribution < 1.29 is 4.79 Å². The molecule has 2 rings (SSSR count). The van der Waals surface area contributed by atoms with Gasteiger partial charge in [0, 0.05) is 37.6 Å². The van der Waals surface area contributed by atoms with Crippen molar-refractivity contribution in [3.63, 3.8) is 0 Å². The summed E-state index contributed by atoms with van der Waals surface area (Å²) in [6.07, 6.45) is 0. The zero-order valence-electron chi connectivity index (χ0n) is 16.4. The average Bonchev–Trinajstić information content (AvgIpc) is 2.66. The Hall–Kier alpha value is -2.63. The van der Waals surface area contributed by atoms with Crippen LogP contribution in [0.2, 0.25) is 0 Å². The first-order valence-electron chi connectivity index (χ1n) is 9.29. The van der Waals surface area contributed by atoms with Gasteiger partial charge in [-0.25, -0.2) is 0 Å². The number of hydrogen-bond acceptors (Lipinski definition) is 5. The fourth-order valence-electron chi connectivity index (χ4n) is 2.90. The zero-order valence-corrected chi connectivity index (χ0v) is 16.4. The van der Waals surface area contributed by atoms with Gasteiger partial charge in [0.2, 0.25) is 0 Å². The second-order valence-electron chi connectivity index (χ2n) is 6.08. The van der Waals surface area contributed by atoms with E-state index in [-0.39, 0.29) is 5.91 Å². The van der Waals surface area contributed by atoms with Crippen LogP contribution in [0.25, 0.3) is 0 Å². The second-order valence-corrected chi connectivity index (χ2v) is 6.08. The number of rotatable bonds is 8. The zero-order chi connectivity index (χ0) is 19.1. The fourth-order valence-corrected chi connectivity index (χ4v) is 2.90. The SMILES string of the molecule is CCN(CC)C(=O)c1ccc(Nc2ccc(N(CC)CC)cc2C)nn1. The number of amides is 1. The standard InChI is InChI=1S/C20H29N5O/c1-6-24(7-2)16-10-11-17(15(5)14-16)21-19-13-12-18(22-23-19)20(26)25(8-3)9-4/h10-14H,6-9H2,1-5H3,(H,21,23). The van der Waals surface area contributed by atoms with Crippen molar-refractivity contribution in [2.75, 3.05) is 36.4 Å². The fraction of sp³-hybridized carbons (Fsp3) is 0.450. The lowest BCUT2D eigenvalue weighted by molar-refractivity contribution is 0.0766. The number of carbonyl (C=O) groups excluding carboxylic acids is 1. The highest BCUT2D eigenvalue weighted by molar-refractivity contribution is 5.92. The summed E-state index contributed by atoms with van der Waals surface area (Å²) in [6, 6.07) is 9.84. The minimum Gasteiger partial charge on any atom is -0.372 e. The van der Waals surface area contributed by atoms with Crippen molar-refractivity contribution in [2.24, 2.45) is 0 Å². The van der Waals surface area contributed by atoms with Crippen LogP contribution in [0.4, 0.5) is 17.2 Å². The predicted molar refractivity (Wildman–Crippen MR) is 107 cm³/mol. The summed E-state index contributed by atoms with van der Waals surface area (Å²) in [4.78, 5) is 16.3. The Morgan fingerprint density at radius 1 is 0.962 bits per heavy atom. The Bertz CT molecular complexity index is 721. The lowest BCUT2D eigenvalue weighted by Gasteiger charge is -2.22. The molecule has 0 saturated carbocycles. The second kappa shape index (κ2) is 9.17. The van der Waals surface area contributed by atoms with Gasteiger partial charge in [-0.1, -0.05) is 0 Å². The monoisotopic (exact) mass is 355 g/mol. The van der Waals surface area contributed by atoms with Gasteiger partial charge in [0.05, 0.1) is 0 Å². The van der Waals surface area contributed by atoms with Crippen LogP contribution in [-0.2, 0) is 0 Å². The number of anilines is 3. The first-order valence-corrected chi connectivity index (χ1v) is 9.29. The van der Waals surface area contributed by atoms with Crippen LogP contribution in [-0.4, -0.2) is 47.2 Å². The first kappa shape index (κ1) is 19.7. The van der Waals surface area contributed by atoms with Crippen LogP contribution in [0.1, 0.15) is 43.7 Å². The minimum atomic E-state index is -0.0891. The van der Waals surface area contributed by atoms with Crippen LogP contribution in [0.5, 0.6) is 0 Å². The molecule has 0 aliphatic heterocycles. The number of aromatic nitrogens is 2. The molecule has 0 aliphatic rings. The van der Waals surface area contributed by atoms with Crippen molar-refractivity contribution in [1.82, 2.24) is 15.1 Å². The maximum atomic E-state index is 12.3. The number of nitrogens with zero attached hydrogens (tertiary/aromatic N) is 4. The van der Waals surface area contributed by atoms with Crippen molar-refractivity contribution in [3.8, 4) is 0 Å². The van der Waals surface area contributed by atoms with Crippen molar-refractivity contribution >= 4 is 23.1 Å². The summed E-state index contributed by atoms with van der Waals surface area (Å²) in [7, 11) is 0. The predicted octanol–water partition coefficient (Wildman–Crippen LogP) is 3.86. The Morgan fingerprint density at radius 2 is 1.65 bits per heavy atom. The van der Waals surface area contributed by atoms with Gasteiger partial charge < -0.3 is 15.1 Å². The molecule has 1 aromatic heterocycles. The first-order chi connectivity index (χ1) is 12.5. The van der Waals surface area contributed by atoms with Crippen molar-refractivity contribution in [2.45, 2.75) is 34.6 Å². The van der Waals surface area contributed by atoms with Gasteiger partial charge in [-0.15, -0.1) is 10.2 Å². The molecule has 26 heavy (non-hydrogen) atoms. The van der Waals surface area contributed by atoms with E-state index in [9.17, 15) is 4.79 Å². The molecule has 1 aromatic carbocycles. The number of hydrogen-bond donors (Lipinski definition) is 1. The van der Waals surface area contributed by atoms with E-state index in [4.69, 9.17) is 0 Å². The average molecular weight is 355 g/mol. The molecule has 0 unspecified atom stereocenters. The van der Waals surface area contributed by atoms with Crippen LogP contribution in [0.3, 0.4) is 0 Å². The molecule has 140 valence electrons. The van der Waals surface area contributed by atoms with Gasteiger partial charge in [-0.05, 0) is 70.5 Å². The smallest absolute Gasteiger partial charge is 0.274 e. The molecule has 0 saturated heterocycles. The van der Waals surface area contributed by atoms with Crippen LogP contribution >= 0.6 is 0 Å². The molecule has 0 bridgehead atoms. The minimum absolute atomic E-state index is 0.0891. The molecule has 6 heteroatoms. The summed E-state index contributed by atoms with van der Waals surface area (Å²) >= 11 is 0. The number of aryl methyl sites for hydroxylation is 1. The van der Waals surface area contributed by atoms with E-state index in [1.54, 1.807) is 17.0 Å². The quantitative estimate of drug-likeness (QED) is 0.779. The van der Waals surface area contributed by atoms with Gasteiger partial charge in [-0.3, -0.25) is 4.79 Å². The van der Waals surface area contributed by atoms with Crippen LogP contribution < -0.4 is 10.2 Å². The Labute approximate surface area is 156 Å². The summed E-state index contributed by atoms with van der Waals surface area (Å²) in [5.74, 6) is 0.536. The Morgan fingerprint density at radius 3 is 2.15 bits per heavy atom. The molecule has 0 spiro atoms. The third-order valence-electron chi connectivity index (χ3n) is 4.54. The lowest BCUT2D eigenvalue weighted by atomic mass is 10.1. The third kappa shape index (κ3) is 4.50. The molecular formula is C20H29N5O. The molecule has 1 N–H and O–H groups in total. The topological polar surface area (TPSA) is 61.4 Å². The molecular weight excluding hydrogens is 326 g/mol. The highest BCUT2D eigenvalue weighted by Gasteiger charge is 2.14. The number of carbonyl (C=O) groups is 1. The Kier molecular flexibility index (Phi) is 6.95. The van der Waals surface area contributed by atoms with E-state index in [0.29, 0.717) is 24.6 Å². The molecule has 1 amide bonds. The van der Waals surface area contributed by atoms with Gasteiger partial charge in [0.15, 0.2) is 11.5 Å². The summed E-state index contributed by atoms with van der Waals surface area (Å²) in [5.41, 5.74) is 3.70. The van der Waals surface area contributed by atoms with E-state index in [0.717, 1.165) is 24.3 Å². The van der Waals surface area contributed by atoms with Crippen molar-refractivity contribution in [1.29, 1.82) is 0 Å².